The lowest BCUT2D eigenvalue weighted by Crippen LogP contribution is -2.31. The van der Waals surface area contributed by atoms with E-state index in [1.165, 1.54) is 12.1 Å². The Hall–Kier alpha value is -2.76. The average Bonchev–Trinajstić information content (AvgIpc) is 3.02. The second-order valence-corrected chi connectivity index (χ2v) is 5.15. The predicted octanol–water partition coefficient (Wildman–Crippen LogP) is 2.33. The van der Waals surface area contributed by atoms with E-state index in [0.717, 1.165) is 11.3 Å². The van der Waals surface area contributed by atoms with Crippen LogP contribution in [0.5, 0.6) is 11.5 Å². The lowest BCUT2D eigenvalue weighted by molar-refractivity contribution is -0.119. The van der Waals surface area contributed by atoms with Crippen LogP contribution in [0.15, 0.2) is 42.5 Å². The van der Waals surface area contributed by atoms with Crippen molar-refractivity contribution < 1.29 is 18.7 Å². The molecule has 1 aliphatic heterocycles. The summed E-state index contributed by atoms with van der Waals surface area (Å²) in [4.78, 5) is 11.8. The second kappa shape index (κ2) is 7.00. The number of hydrogen-bond donors (Lipinski definition) is 2. The third-order valence-electron chi connectivity index (χ3n) is 3.47. The van der Waals surface area contributed by atoms with E-state index in [0.29, 0.717) is 24.5 Å². The molecule has 1 heterocycles. The lowest BCUT2D eigenvalue weighted by atomic mass is 10.1. The van der Waals surface area contributed by atoms with Crippen LogP contribution in [0.1, 0.15) is 5.56 Å². The van der Waals surface area contributed by atoms with Crippen LogP contribution in [-0.2, 0) is 11.2 Å². The number of nitrogens with one attached hydrogen (secondary N) is 2. The van der Waals surface area contributed by atoms with Crippen molar-refractivity contribution in [2.24, 2.45) is 0 Å². The van der Waals surface area contributed by atoms with Gasteiger partial charge < -0.3 is 20.1 Å². The van der Waals surface area contributed by atoms with Crippen LogP contribution in [0.4, 0.5) is 10.1 Å². The molecule has 1 amide bonds. The van der Waals surface area contributed by atoms with Crippen LogP contribution in [0, 0.1) is 5.82 Å². The van der Waals surface area contributed by atoms with E-state index in [2.05, 4.69) is 10.6 Å². The van der Waals surface area contributed by atoms with Gasteiger partial charge in [0.15, 0.2) is 11.5 Å². The van der Waals surface area contributed by atoms with Gasteiger partial charge in [0, 0.05) is 18.3 Å². The highest BCUT2D eigenvalue weighted by Gasteiger charge is 2.13. The SMILES string of the molecule is O=C(CNc1ccc2c(c1)OCO2)NCCc1ccc(F)cc1. The minimum absolute atomic E-state index is 0.107. The number of amides is 1. The topological polar surface area (TPSA) is 59.6 Å². The first-order chi connectivity index (χ1) is 11.2. The molecule has 2 aromatic rings. The van der Waals surface area contributed by atoms with Crippen LogP contribution < -0.4 is 20.1 Å². The van der Waals surface area contributed by atoms with E-state index in [-0.39, 0.29) is 25.1 Å². The maximum atomic E-state index is 12.8. The Bertz CT molecular complexity index is 689. The Morgan fingerprint density at radius 3 is 2.70 bits per heavy atom. The smallest absolute Gasteiger partial charge is 0.239 e. The largest absolute Gasteiger partial charge is 0.454 e. The number of ether oxygens (including phenoxy) is 2. The summed E-state index contributed by atoms with van der Waals surface area (Å²) in [5, 5.41) is 5.85. The van der Waals surface area contributed by atoms with Crippen molar-refractivity contribution in [3.05, 3.63) is 53.8 Å². The van der Waals surface area contributed by atoms with Gasteiger partial charge in [0.25, 0.3) is 0 Å². The number of fused-ring (bicyclic) bond motifs is 1. The summed E-state index contributed by atoms with van der Waals surface area (Å²) in [6.45, 7) is 0.902. The van der Waals surface area contributed by atoms with Gasteiger partial charge in [-0.25, -0.2) is 4.39 Å². The molecule has 23 heavy (non-hydrogen) atoms. The molecule has 5 nitrogen and oxygen atoms in total. The minimum Gasteiger partial charge on any atom is -0.454 e. The molecular weight excluding hydrogens is 299 g/mol. The first kappa shape index (κ1) is 15.1. The maximum absolute atomic E-state index is 12.8. The Kier molecular flexibility index (Phi) is 4.61. The summed E-state index contributed by atoms with van der Waals surface area (Å²) in [7, 11) is 0. The summed E-state index contributed by atoms with van der Waals surface area (Å²) < 4.78 is 23.3. The molecule has 0 radical (unpaired) electrons. The molecule has 0 aliphatic carbocycles. The number of carbonyl (C=O) groups excluding carboxylic acids is 1. The highest BCUT2D eigenvalue weighted by Crippen LogP contribution is 2.34. The van der Waals surface area contributed by atoms with Gasteiger partial charge in [-0.2, -0.15) is 0 Å². The van der Waals surface area contributed by atoms with Gasteiger partial charge in [0.05, 0.1) is 6.54 Å². The third-order valence-corrected chi connectivity index (χ3v) is 3.47. The van der Waals surface area contributed by atoms with Crippen LogP contribution >= 0.6 is 0 Å². The molecule has 0 bridgehead atoms. The minimum atomic E-state index is -0.259. The maximum Gasteiger partial charge on any atom is 0.239 e. The Labute approximate surface area is 133 Å². The fourth-order valence-corrected chi connectivity index (χ4v) is 2.25. The molecule has 1 aliphatic rings. The molecule has 0 spiro atoms. The van der Waals surface area contributed by atoms with E-state index in [9.17, 15) is 9.18 Å². The second-order valence-electron chi connectivity index (χ2n) is 5.15. The van der Waals surface area contributed by atoms with Gasteiger partial charge in [0.1, 0.15) is 5.82 Å². The molecule has 0 atom stereocenters. The van der Waals surface area contributed by atoms with Crippen molar-refractivity contribution in [1.82, 2.24) is 5.32 Å². The molecule has 0 saturated carbocycles. The van der Waals surface area contributed by atoms with E-state index < -0.39 is 0 Å². The van der Waals surface area contributed by atoms with Crippen molar-refractivity contribution in [1.29, 1.82) is 0 Å². The summed E-state index contributed by atoms with van der Waals surface area (Å²) in [6, 6.07) is 11.7. The van der Waals surface area contributed by atoms with Gasteiger partial charge in [-0.3, -0.25) is 4.79 Å². The Balaban J connectivity index is 1.40. The third kappa shape index (κ3) is 4.12. The number of halogens is 1. The fourth-order valence-electron chi connectivity index (χ4n) is 2.25. The number of anilines is 1. The van der Waals surface area contributed by atoms with Crippen LogP contribution in [0.2, 0.25) is 0 Å². The number of rotatable bonds is 6. The summed E-state index contributed by atoms with van der Waals surface area (Å²) in [5.41, 5.74) is 1.78. The molecule has 0 saturated heterocycles. The van der Waals surface area contributed by atoms with Gasteiger partial charge in [-0.1, -0.05) is 12.1 Å². The molecule has 3 rings (SSSR count). The molecular formula is C17H17FN2O3. The highest BCUT2D eigenvalue weighted by molar-refractivity contribution is 5.80. The van der Waals surface area contributed by atoms with Crippen molar-refractivity contribution in [3.8, 4) is 11.5 Å². The first-order valence-electron chi connectivity index (χ1n) is 7.35. The molecule has 120 valence electrons. The van der Waals surface area contributed by atoms with Crippen LogP contribution in [-0.4, -0.2) is 25.8 Å². The zero-order valence-corrected chi connectivity index (χ0v) is 12.5. The van der Waals surface area contributed by atoms with E-state index >= 15 is 0 Å². The standard InChI is InChI=1S/C17H17FN2O3/c18-13-3-1-12(2-4-13)7-8-19-17(21)10-20-14-5-6-15-16(9-14)23-11-22-15/h1-6,9,20H,7-8,10-11H2,(H,19,21). The van der Waals surface area contributed by atoms with Crippen molar-refractivity contribution in [2.75, 3.05) is 25.2 Å². The van der Waals surface area contributed by atoms with E-state index in [1.54, 1.807) is 24.3 Å². The number of hydrogen-bond acceptors (Lipinski definition) is 4. The fraction of sp³-hybridized carbons (Fsp3) is 0.235. The van der Waals surface area contributed by atoms with E-state index in [1.807, 2.05) is 6.07 Å². The zero-order chi connectivity index (χ0) is 16.1. The highest BCUT2D eigenvalue weighted by atomic mass is 19.1. The van der Waals surface area contributed by atoms with Gasteiger partial charge in [0.2, 0.25) is 12.7 Å². The average molecular weight is 316 g/mol. The zero-order valence-electron chi connectivity index (χ0n) is 12.5. The molecule has 0 unspecified atom stereocenters. The summed E-state index contributed by atoms with van der Waals surface area (Å²) >= 11 is 0. The Morgan fingerprint density at radius 1 is 1.09 bits per heavy atom. The quantitative estimate of drug-likeness (QED) is 0.859. The van der Waals surface area contributed by atoms with Crippen molar-refractivity contribution in [2.45, 2.75) is 6.42 Å². The van der Waals surface area contributed by atoms with Gasteiger partial charge in [-0.05, 0) is 36.2 Å². The normalized spacial score (nSPS) is 12.0. The van der Waals surface area contributed by atoms with Crippen molar-refractivity contribution in [3.63, 3.8) is 0 Å². The number of benzene rings is 2. The monoisotopic (exact) mass is 316 g/mol. The lowest BCUT2D eigenvalue weighted by Gasteiger charge is -2.08. The van der Waals surface area contributed by atoms with Crippen LogP contribution in [0.3, 0.4) is 0 Å². The van der Waals surface area contributed by atoms with Crippen LogP contribution in [0.25, 0.3) is 0 Å². The summed E-state index contributed by atoms with van der Waals surface area (Å²) in [6.07, 6.45) is 0.663. The van der Waals surface area contributed by atoms with Crippen molar-refractivity contribution >= 4 is 11.6 Å². The van der Waals surface area contributed by atoms with Gasteiger partial charge >= 0.3 is 0 Å². The first-order valence-corrected chi connectivity index (χ1v) is 7.35. The molecule has 0 fully saturated rings. The predicted molar refractivity (Wildman–Crippen MR) is 84.2 cm³/mol. The molecule has 0 aromatic heterocycles. The molecule has 2 N–H and O–H groups in total. The molecule has 6 heteroatoms. The Morgan fingerprint density at radius 2 is 1.87 bits per heavy atom. The molecule has 2 aromatic carbocycles. The number of carbonyl (C=O) groups is 1. The van der Waals surface area contributed by atoms with Gasteiger partial charge in [-0.15, -0.1) is 0 Å². The van der Waals surface area contributed by atoms with E-state index in [4.69, 9.17) is 9.47 Å². The summed E-state index contributed by atoms with van der Waals surface area (Å²) in [5.74, 6) is 1.02.